The highest BCUT2D eigenvalue weighted by molar-refractivity contribution is 6.10. The number of fused-ring (bicyclic) bond motifs is 7. The van der Waals surface area contributed by atoms with Crippen LogP contribution in [-0.2, 0) is 9.59 Å². The lowest BCUT2D eigenvalue weighted by atomic mass is 9.67. The highest BCUT2D eigenvalue weighted by atomic mass is 16.7. The number of hydrogen-bond donors (Lipinski definition) is 2. The van der Waals surface area contributed by atoms with Gasteiger partial charge < -0.3 is 29.6 Å². The minimum Gasteiger partial charge on any atom is -0.454 e. The molecule has 2 aliphatic carbocycles. The molecule has 2 unspecified atom stereocenters. The first-order valence-electron chi connectivity index (χ1n) is 17.5. The molecule has 0 spiro atoms. The molecule has 2 atom stereocenters. The van der Waals surface area contributed by atoms with Crippen molar-refractivity contribution in [2.75, 3.05) is 24.2 Å². The maximum atomic E-state index is 14.0. The van der Waals surface area contributed by atoms with Gasteiger partial charge in [0.1, 0.15) is 0 Å². The number of hydrogen-bond acceptors (Lipinski definition) is 8. The Bertz CT molecular complexity index is 2130. The van der Waals surface area contributed by atoms with Crippen molar-refractivity contribution in [3.8, 4) is 23.0 Å². The van der Waals surface area contributed by atoms with Crippen LogP contribution in [0.15, 0.2) is 83.2 Å². The van der Waals surface area contributed by atoms with E-state index in [0.717, 1.165) is 91.3 Å². The zero-order valence-corrected chi connectivity index (χ0v) is 28.6. The van der Waals surface area contributed by atoms with Crippen LogP contribution in [0.5, 0.6) is 23.0 Å². The fraction of sp³-hybridized carbons (Fsp3) is 0.333. The summed E-state index contributed by atoms with van der Waals surface area (Å²) in [6, 6.07) is 20.8. The molecule has 0 saturated heterocycles. The molecule has 0 aromatic heterocycles. The summed E-state index contributed by atoms with van der Waals surface area (Å²) < 4.78 is 22.9. The first-order chi connectivity index (χ1) is 24.0. The van der Waals surface area contributed by atoms with E-state index in [9.17, 15) is 9.59 Å². The maximum absolute atomic E-state index is 14.0. The Hall–Kier alpha value is -5.24. The average molecular weight is 667 g/mol. The van der Waals surface area contributed by atoms with Gasteiger partial charge in [-0.25, -0.2) is 0 Å². The third kappa shape index (κ3) is 4.36. The minimum atomic E-state index is -0.250. The minimum absolute atomic E-state index is 0.161. The number of carbonyl (C=O) groups excluding carboxylic acids is 2. The molecule has 0 amide bonds. The van der Waals surface area contributed by atoms with Crippen LogP contribution in [0, 0.1) is 10.8 Å². The van der Waals surface area contributed by atoms with Gasteiger partial charge in [-0.2, -0.15) is 0 Å². The van der Waals surface area contributed by atoms with Gasteiger partial charge in [-0.1, -0.05) is 64.1 Å². The quantitative estimate of drug-likeness (QED) is 0.220. The highest BCUT2D eigenvalue weighted by Gasteiger charge is 2.44. The molecular formula is C42H38N2O6. The SMILES string of the molecule is CC1(C)CC(=O)C2=C(C1)Nc1c(ccc3c4c(ccc13)C(c1ccc3c(c1)OCO3)C1=C(CC(C)(C)CC1=O)N4)C2c1ccc2c(c1)OCO2. The molecule has 0 radical (unpaired) electrons. The number of rotatable bonds is 2. The Morgan fingerprint density at radius 3 is 1.40 bits per heavy atom. The molecule has 4 aromatic rings. The van der Waals surface area contributed by atoms with Gasteiger partial charge >= 0.3 is 0 Å². The van der Waals surface area contributed by atoms with Crippen LogP contribution in [0.3, 0.4) is 0 Å². The van der Waals surface area contributed by atoms with Crippen LogP contribution >= 0.6 is 0 Å². The van der Waals surface area contributed by atoms with Crippen LogP contribution in [0.25, 0.3) is 10.8 Å². The fourth-order valence-electron chi connectivity index (χ4n) is 9.25. The second-order valence-electron chi connectivity index (χ2n) is 16.2. The number of ketones is 2. The Balaban J connectivity index is 1.18. The summed E-state index contributed by atoms with van der Waals surface area (Å²) in [5.74, 6) is 2.71. The van der Waals surface area contributed by atoms with Gasteiger partial charge in [0, 0.05) is 58.0 Å². The lowest BCUT2D eigenvalue weighted by Gasteiger charge is -2.41. The standard InChI is InChI=1S/C42H38N2O6/c1-41(2)15-27-37(29(45)17-41)35(21-5-11-31-33(13-21)49-19-47-31)25-9-8-24-23(39(25)43-27)7-10-26-36(22-6-12-32-34(14-22)50-20-48-32)38-28(44-40(24)26)16-42(3,4)18-30(38)46/h5-14,35-36,43-44H,15-20H2,1-4H3. The first kappa shape index (κ1) is 29.7. The lowest BCUT2D eigenvalue weighted by molar-refractivity contribution is -0.119. The Labute approximate surface area is 290 Å². The summed E-state index contributed by atoms with van der Waals surface area (Å²) in [4.78, 5) is 27.9. The van der Waals surface area contributed by atoms with Crippen molar-refractivity contribution < 1.29 is 28.5 Å². The molecular weight excluding hydrogens is 628 g/mol. The van der Waals surface area contributed by atoms with Crippen molar-refractivity contribution in [3.05, 3.63) is 105 Å². The second kappa shape index (κ2) is 10.2. The number of ether oxygens (including phenoxy) is 4. The Morgan fingerprint density at radius 2 is 0.960 bits per heavy atom. The van der Waals surface area contributed by atoms with Crippen molar-refractivity contribution in [2.45, 2.75) is 65.2 Å². The summed E-state index contributed by atoms with van der Waals surface area (Å²) in [5, 5.41) is 9.76. The summed E-state index contributed by atoms with van der Waals surface area (Å²) in [6.45, 7) is 9.05. The Morgan fingerprint density at radius 1 is 0.540 bits per heavy atom. The first-order valence-corrected chi connectivity index (χ1v) is 17.5. The van der Waals surface area contributed by atoms with Crippen LogP contribution in [0.1, 0.15) is 87.5 Å². The summed E-state index contributed by atoms with van der Waals surface area (Å²) in [6.07, 6.45) is 2.55. The fourth-order valence-corrected chi connectivity index (χ4v) is 9.25. The van der Waals surface area contributed by atoms with Crippen LogP contribution in [-0.4, -0.2) is 25.2 Å². The number of nitrogens with one attached hydrogen (secondary N) is 2. The predicted molar refractivity (Wildman–Crippen MR) is 190 cm³/mol. The van der Waals surface area contributed by atoms with Crippen LogP contribution in [0.2, 0.25) is 0 Å². The molecule has 252 valence electrons. The topological polar surface area (TPSA) is 95.1 Å². The van der Waals surface area contributed by atoms with Crippen LogP contribution < -0.4 is 29.6 Å². The van der Waals surface area contributed by atoms with Crippen molar-refractivity contribution in [2.24, 2.45) is 10.8 Å². The molecule has 4 aromatic carbocycles. The number of Topliss-reactive ketones (excluding diaryl/α,β-unsaturated/α-hetero) is 2. The molecule has 0 fully saturated rings. The highest BCUT2D eigenvalue weighted by Crippen LogP contribution is 2.55. The van der Waals surface area contributed by atoms with Gasteiger partial charge in [0.25, 0.3) is 0 Å². The van der Waals surface area contributed by atoms with E-state index in [0.29, 0.717) is 24.3 Å². The van der Waals surface area contributed by atoms with Crippen molar-refractivity contribution in [1.29, 1.82) is 0 Å². The molecule has 4 heterocycles. The average Bonchev–Trinajstić information content (AvgIpc) is 3.74. The van der Waals surface area contributed by atoms with E-state index < -0.39 is 0 Å². The second-order valence-corrected chi connectivity index (χ2v) is 16.2. The van der Waals surface area contributed by atoms with E-state index >= 15 is 0 Å². The molecule has 6 aliphatic rings. The number of anilines is 2. The molecule has 50 heavy (non-hydrogen) atoms. The molecule has 0 bridgehead atoms. The van der Waals surface area contributed by atoms with Crippen molar-refractivity contribution in [3.63, 3.8) is 0 Å². The van der Waals surface area contributed by atoms with E-state index in [4.69, 9.17) is 18.9 Å². The monoisotopic (exact) mass is 666 g/mol. The van der Waals surface area contributed by atoms with Gasteiger partial charge in [0.15, 0.2) is 34.6 Å². The van der Waals surface area contributed by atoms with E-state index in [1.54, 1.807) is 0 Å². The lowest BCUT2D eigenvalue weighted by Crippen LogP contribution is -2.34. The zero-order valence-electron chi connectivity index (χ0n) is 28.6. The molecule has 0 saturated carbocycles. The molecule has 8 nitrogen and oxygen atoms in total. The summed E-state index contributed by atoms with van der Waals surface area (Å²) in [5.41, 5.74) is 9.49. The smallest absolute Gasteiger partial charge is 0.231 e. The Kier molecular flexibility index (Phi) is 6.02. The van der Waals surface area contributed by atoms with Gasteiger partial charge in [0.05, 0.1) is 11.4 Å². The summed E-state index contributed by atoms with van der Waals surface area (Å²) >= 11 is 0. The van der Waals surface area contributed by atoms with E-state index in [2.05, 4.69) is 74.7 Å². The van der Waals surface area contributed by atoms with Crippen LogP contribution in [0.4, 0.5) is 11.4 Å². The number of allylic oxidation sites excluding steroid dienone is 4. The van der Waals surface area contributed by atoms with E-state index in [1.807, 2.05) is 24.3 Å². The molecule has 4 aliphatic heterocycles. The van der Waals surface area contributed by atoms with E-state index in [1.165, 1.54) is 0 Å². The summed E-state index contributed by atoms with van der Waals surface area (Å²) in [7, 11) is 0. The molecule has 8 heteroatoms. The number of carbonyl (C=O) groups is 2. The zero-order chi connectivity index (χ0) is 34.1. The van der Waals surface area contributed by atoms with Gasteiger partial charge in [0.2, 0.25) is 13.6 Å². The van der Waals surface area contributed by atoms with Gasteiger partial charge in [-0.05, 0) is 70.2 Å². The van der Waals surface area contributed by atoms with Gasteiger partial charge in [-0.15, -0.1) is 0 Å². The van der Waals surface area contributed by atoms with Crippen molar-refractivity contribution >= 4 is 33.7 Å². The third-order valence-corrected chi connectivity index (χ3v) is 11.3. The normalized spacial score (nSPS) is 23.5. The largest absolute Gasteiger partial charge is 0.454 e. The maximum Gasteiger partial charge on any atom is 0.231 e. The molecule has 2 N–H and O–H groups in total. The van der Waals surface area contributed by atoms with E-state index in [-0.39, 0.29) is 47.8 Å². The predicted octanol–water partition coefficient (Wildman–Crippen LogP) is 8.70. The molecule has 10 rings (SSSR count). The van der Waals surface area contributed by atoms with Crippen molar-refractivity contribution in [1.82, 2.24) is 0 Å². The third-order valence-electron chi connectivity index (χ3n) is 11.3. The number of benzene rings is 4. The van der Waals surface area contributed by atoms with Gasteiger partial charge in [-0.3, -0.25) is 9.59 Å².